The Morgan fingerprint density at radius 2 is 1.71 bits per heavy atom. The number of rotatable bonds is 9. The highest BCUT2D eigenvalue weighted by Crippen LogP contribution is 2.30. The molecule has 8 heteroatoms. The minimum atomic E-state index is 0.0297. The van der Waals surface area contributed by atoms with Crippen molar-refractivity contribution in [3.63, 3.8) is 0 Å². The summed E-state index contributed by atoms with van der Waals surface area (Å²) in [6, 6.07) is 23.3. The van der Waals surface area contributed by atoms with Crippen molar-refractivity contribution in [1.29, 1.82) is 0 Å². The first kappa shape index (κ1) is 28.2. The summed E-state index contributed by atoms with van der Waals surface area (Å²) in [6.07, 6.45) is 0. The predicted molar refractivity (Wildman–Crippen MR) is 170 cm³/mol. The lowest BCUT2D eigenvalue weighted by Gasteiger charge is -2.36. The van der Waals surface area contributed by atoms with Gasteiger partial charge in [0.15, 0.2) is 0 Å². The molecule has 2 unspecified atom stereocenters. The summed E-state index contributed by atoms with van der Waals surface area (Å²) in [5.74, 6) is 1.76. The Labute approximate surface area is 248 Å². The van der Waals surface area contributed by atoms with Gasteiger partial charge < -0.3 is 19.9 Å². The van der Waals surface area contributed by atoms with E-state index in [-0.39, 0.29) is 11.3 Å². The van der Waals surface area contributed by atoms with Crippen LogP contribution in [0.4, 0.5) is 11.4 Å². The summed E-state index contributed by atoms with van der Waals surface area (Å²) in [5, 5.41) is 2.96. The number of benzene rings is 3. The van der Waals surface area contributed by atoms with Crippen molar-refractivity contribution in [3.05, 3.63) is 72.3 Å². The van der Waals surface area contributed by atoms with E-state index in [0.717, 1.165) is 73.1 Å². The van der Waals surface area contributed by atoms with Gasteiger partial charge in [-0.15, -0.1) is 0 Å². The lowest BCUT2D eigenvalue weighted by Crippen LogP contribution is -2.47. The Kier molecular flexibility index (Phi) is 7.92. The largest absolute Gasteiger partial charge is 0.492 e. The van der Waals surface area contributed by atoms with Gasteiger partial charge in [0.05, 0.1) is 17.7 Å². The molecule has 220 valence electrons. The minimum absolute atomic E-state index is 0.0297. The van der Waals surface area contributed by atoms with Crippen LogP contribution in [0.15, 0.2) is 66.7 Å². The fourth-order valence-electron chi connectivity index (χ4n) is 5.57. The van der Waals surface area contributed by atoms with Crippen LogP contribution in [0.5, 0.6) is 5.75 Å². The van der Waals surface area contributed by atoms with Gasteiger partial charge in [-0.3, -0.25) is 14.6 Å². The second-order valence-corrected chi connectivity index (χ2v) is 12.6. The molecule has 3 aromatic carbocycles. The summed E-state index contributed by atoms with van der Waals surface area (Å²) >= 11 is 0. The maximum absolute atomic E-state index is 12.1. The number of piperazine rings is 1. The van der Waals surface area contributed by atoms with Crippen LogP contribution in [0.25, 0.3) is 22.4 Å². The number of anilines is 2. The highest BCUT2D eigenvalue weighted by Gasteiger charge is 2.30. The average Bonchev–Trinajstić information content (AvgIpc) is 3.48. The standard InChI is InChI=1S/C34H42N6O2/c1-24-22-40(24)23-31(41)35-27-12-14-28(15-13-27)42-21-20-38-16-18-39(19-17-38)30-7-5-6-29-32(30)37-33(36-29)25-8-10-26(11-9-25)34(2,3)4/h5-15,24H,16-23H2,1-4H3,(H,35,41)(H,36,37). The predicted octanol–water partition coefficient (Wildman–Crippen LogP) is 5.37. The normalized spacial score (nSPS) is 19.2. The molecule has 2 fully saturated rings. The third-order valence-corrected chi connectivity index (χ3v) is 8.38. The van der Waals surface area contributed by atoms with Gasteiger partial charge in [-0.1, -0.05) is 51.1 Å². The maximum atomic E-state index is 12.1. The molecule has 2 aliphatic rings. The number of hydrogen-bond acceptors (Lipinski definition) is 6. The summed E-state index contributed by atoms with van der Waals surface area (Å²) in [6.45, 7) is 15.7. The Morgan fingerprint density at radius 1 is 1.00 bits per heavy atom. The fraction of sp³-hybridized carbons (Fsp3) is 0.412. The van der Waals surface area contributed by atoms with E-state index in [2.05, 4.69) is 95.2 Å². The van der Waals surface area contributed by atoms with Crippen LogP contribution in [0.2, 0.25) is 0 Å². The maximum Gasteiger partial charge on any atom is 0.238 e. The second kappa shape index (κ2) is 11.8. The molecule has 0 radical (unpaired) electrons. The zero-order chi connectivity index (χ0) is 29.3. The van der Waals surface area contributed by atoms with Gasteiger partial charge in [0.2, 0.25) is 5.91 Å². The third-order valence-electron chi connectivity index (χ3n) is 8.38. The first-order chi connectivity index (χ1) is 20.2. The molecule has 1 aromatic heterocycles. The van der Waals surface area contributed by atoms with E-state index in [1.807, 2.05) is 24.3 Å². The van der Waals surface area contributed by atoms with E-state index in [4.69, 9.17) is 9.72 Å². The number of H-pyrrole nitrogens is 1. The second-order valence-electron chi connectivity index (χ2n) is 12.6. The molecular formula is C34H42N6O2. The Morgan fingerprint density at radius 3 is 2.38 bits per heavy atom. The number of amides is 1. The van der Waals surface area contributed by atoms with Gasteiger partial charge in [0, 0.05) is 56.6 Å². The summed E-state index contributed by atoms with van der Waals surface area (Å²) < 4.78 is 6.01. The number of ether oxygens (including phenoxy) is 1. The SMILES string of the molecule is CC1CN1CC(=O)Nc1ccc(OCCN2CCN(c3cccc4[nH]c(-c5ccc(C(C)(C)C)cc5)nc34)CC2)cc1. The lowest BCUT2D eigenvalue weighted by atomic mass is 9.87. The van der Waals surface area contributed by atoms with Crippen LogP contribution < -0.4 is 15.0 Å². The first-order valence-corrected chi connectivity index (χ1v) is 15.1. The quantitative estimate of drug-likeness (QED) is 0.265. The van der Waals surface area contributed by atoms with Crippen LogP contribution in [-0.4, -0.2) is 84.1 Å². The summed E-state index contributed by atoms with van der Waals surface area (Å²) in [7, 11) is 0. The van der Waals surface area contributed by atoms with E-state index in [1.54, 1.807) is 0 Å². The molecule has 0 saturated carbocycles. The molecule has 0 bridgehead atoms. The van der Waals surface area contributed by atoms with Crippen LogP contribution in [0.3, 0.4) is 0 Å². The van der Waals surface area contributed by atoms with Gasteiger partial charge in [-0.2, -0.15) is 0 Å². The van der Waals surface area contributed by atoms with E-state index in [9.17, 15) is 4.79 Å². The number of hydrogen-bond donors (Lipinski definition) is 2. The van der Waals surface area contributed by atoms with Crippen molar-refractivity contribution < 1.29 is 9.53 Å². The molecule has 4 aromatic rings. The van der Waals surface area contributed by atoms with Gasteiger partial charge in [-0.05, 0) is 54.3 Å². The van der Waals surface area contributed by atoms with E-state index < -0.39 is 0 Å². The van der Waals surface area contributed by atoms with Crippen LogP contribution in [0, 0.1) is 0 Å². The molecule has 2 atom stereocenters. The highest BCUT2D eigenvalue weighted by molar-refractivity contribution is 5.92. The van der Waals surface area contributed by atoms with Crippen molar-refractivity contribution in [3.8, 4) is 17.1 Å². The smallest absolute Gasteiger partial charge is 0.238 e. The topological polar surface area (TPSA) is 76.5 Å². The van der Waals surface area contributed by atoms with Gasteiger partial charge in [0.1, 0.15) is 23.7 Å². The zero-order valence-electron chi connectivity index (χ0n) is 25.2. The van der Waals surface area contributed by atoms with Crippen molar-refractivity contribution in [2.24, 2.45) is 0 Å². The molecular weight excluding hydrogens is 524 g/mol. The number of carbonyl (C=O) groups excluding carboxylic acids is 1. The molecule has 3 heterocycles. The van der Waals surface area contributed by atoms with E-state index >= 15 is 0 Å². The van der Waals surface area contributed by atoms with Crippen molar-refractivity contribution in [1.82, 2.24) is 19.8 Å². The number of para-hydroxylation sites is 1. The van der Waals surface area contributed by atoms with Crippen molar-refractivity contribution in [2.75, 3.05) is 62.6 Å². The molecule has 42 heavy (non-hydrogen) atoms. The monoisotopic (exact) mass is 566 g/mol. The first-order valence-electron chi connectivity index (χ1n) is 15.1. The summed E-state index contributed by atoms with van der Waals surface area (Å²) in [5.41, 5.74) is 6.65. The van der Waals surface area contributed by atoms with Crippen molar-refractivity contribution in [2.45, 2.75) is 39.2 Å². The fourth-order valence-corrected chi connectivity index (χ4v) is 5.57. The molecule has 2 N–H and O–H groups in total. The van der Waals surface area contributed by atoms with Gasteiger partial charge in [0.25, 0.3) is 0 Å². The number of aromatic nitrogens is 2. The molecule has 1 amide bonds. The van der Waals surface area contributed by atoms with Crippen molar-refractivity contribution >= 4 is 28.3 Å². The highest BCUT2D eigenvalue weighted by atomic mass is 16.5. The molecule has 2 aliphatic heterocycles. The molecule has 6 rings (SSSR count). The van der Waals surface area contributed by atoms with E-state index in [1.165, 1.54) is 11.3 Å². The summed E-state index contributed by atoms with van der Waals surface area (Å²) in [4.78, 5) is 27.7. The Bertz CT molecular complexity index is 1510. The van der Waals surface area contributed by atoms with Gasteiger partial charge in [-0.25, -0.2) is 4.98 Å². The third kappa shape index (κ3) is 6.61. The number of imidazole rings is 1. The molecule has 0 aliphatic carbocycles. The average molecular weight is 567 g/mol. The van der Waals surface area contributed by atoms with E-state index in [0.29, 0.717) is 19.2 Å². The van der Waals surface area contributed by atoms with Crippen LogP contribution in [-0.2, 0) is 10.2 Å². The lowest BCUT2D eigenvalue weighted by molar-refractivity contribution is -0.116. The Hall–Kier alpha value is -3.88. The van der Waals surface area contributed by atoms with Crippen LogP contribution in [0.1, 0.15) is 33.3 Å². The minimum Gasteiger partial charge on any atom is -0.492 e. The molecule has 2 saturated heterocycles. The molecule has 0 spiro atoms. The number of carbonyl (C=O) groups is 1. The Balaban J connectivity index is 0.990. The molecule has 8 nitrogen and oxygen atoms in total. The van der Waals surface area contributed by atoms with Crippen LogP contribution >= 0.6 is 0 Å². The van der Waals surface area contributed by atoms with Gasteiger partial charge >= 0.3 is 0 Å². The number of nitrogens with one attached hydrogen (secondary N) is 2. The number of fused-ring (bicyclic) bond motifs is 1. The number of aromatic amines is 1. The zero-order valence-corrected chi connectivity index (χ0v) is 25.2. The number of nitrogens with zero attached hydrogens (tertiary/aromatic N) is 4.